The summed E-state index contributed by atoms with van der Waals surface area (Å²) in [5.74, 6) is 1.12. The summed E-state index contributed by atoms with van der Waals surface area (Å²) in [4.78, 5) is 11.9. The van der Waals surface area contributed by atoms with Gasteiger partial charge in [0.25, 0.3) is 0 Å². The summed E-state index contributed by atoms with van der Waals surface area (Å²) < 4.78 is 7.13. The van der Waals surface area contributed by atoms with Crippen molar-refractivity contribution >= 4 is 5.78 Å². The third-order valence-corrected chi connectivity index (χ3v) is 2.55. The molecule has 0 saturated carbocycles. The van der Waals surface area contributed by atoms with Crippen molar-refractivity contribution in [3.05, 3.63) is 41.6 Å². The quantitative estimate of drug-likeness (QED) is 0.761. The molecular formula is C13H16N2O2. The summed E-state index contributed by atoms with van der Waals surface area (Å²) >= 11 is 0. The fourth-order valence-corrected chi connectivity index (χ4v) is 1.60. The van der Waals surface area contributed by atoms with Crippen molar-refractivity contribution in [2.45, 2.75) is 33.2 Å². The molecular weight excluding hydrogens is 216 g/mol. The van der Waals surface area contributed by atoms with E-state index in [0.717, 1.165) is 11.5 Å². The minimum absolute atomic E-state index is 0.0351. The van der Waals surface area contributed by atoms with Crippen LogP contribution >= 0.6 is 0 Å². The number of furan rings is 1. The van der Waals surface area contributed by atoms with Gasteiger partial charge in [-0.25, -0.2) is 0 Å². The van der Waals surface area contributed by atoms with Crippen LogP contribution in [0.4, 0.5) is 0 Å². The van der Waals surface area contributed by atoms with Gasteiger partial charge >= 0.3 is 0 Å². The van der Waals surface area contributed by atoms with Crippen molar-refractivity contribution in [1.82, 2.24) is 9.78 Å². The van der Waals surface area contributed by atoms with Crippen LogP contribution in [0.25, 0.3) is 0 Å². The molecule has 0 atom stereocenters. The van der Waals surface area contributed by atoms with Gasteiger partial charge in [-0.3, -0.25) is 9.48 Å². The molecule has 0 fully saturated rings. The van der Waals surface area contributed by atoms with Crippen molar-refractivity contribution in [2.24, 2.45) is 0 Å². The van der Waals surface area contributed by atoms with E-state index >= 15 is 0 Å². The Morgan fingerprint density at radius 3 is 2.71 bits per heavy atom. The zero-order valence-corrected chi connectivity index (χ0v) is 10.3. The van der Waals surface area contributed by atoms with E-state index in [4.69, 9.17) is 4.42 Å². The molecule has 0 aliphatic carbocycles. The third-order valence-electron chi connectivity index (χ3n) is 2.55. The molecule has 2 heterocycles. The molecule has 0 aliphatic rings. The highest BCUT2D eigenvalue weighted by molar-refractivity contribution is 5.94. The van der Waals surface area contributed by atoms with Gasteiger partial charge in [0.2, 0.25) is 5.78 Å². The van der Waals surface area contributed by atoms with E-state index in [-0.39, 0.29) is 12.2 Å². The van der Waals surface area contributed by atoms with E-state index in [2.05, 4.69) is 18.9 Å². The summed E-state index contributed by atoms with van der Waals surface area (Å²) in [5.41, 5.74) is 0.776. The van der Waals surface area contributed by atoms with Gasteiger partial charge in [0.1, 0.15) is 5.76 Å². The van der Waals surface area contributed by atoms with Crippen molar-refractivity contribution in [3.63, 3.8) is 0 Å². The highest BCUT2D eigenvalue weighted by Crippen LogP contribution is 2.11. The van der Waals surface area contributed by atoms with Gasteiger partial charge in [0.15, 0.2) is 5.76 Å². The van der Waals surface area contributed by atoms with Gasteiger partial charge in [-0.15, -0.1) is 0 Å². The number of carbonyl (C=O) groups is 1. The standard InChI is InChI=1S/C13H16N2O2/c1-9(2)15-7-6-11(14-15)8-12(16)13-5-4-10(3)17-13/h4-7,9H,8H2,1-3H3. The SMILES string of the molecule is Cc1ccc(C(=O)Cc2ccn(C(C)C)n2)o1. The number of hydrogen-bond acceptors (Lipinski definition) is 3. The lowest BCUT2D eigenvalue weighted by molar-refractivity contribution is 0.0964. The molecule has 2 aromatic rings. The molecule has 0 N–H and O–H groups in total. The topological polar surface area (TPSA) is 48.0 Å². The van der Waals surface area contributed by atoms with Gasteiger partial charge < -0.3 is 4.42 Å². The van der Waals surface area contributed by atoms with Gasteiger partial charge in [0.05, 0.1) is 12.1 Å². The molecule has 0 bridgehead atoms. The van der Waals surface area contributed by atoms with Crippen LogP contribution < -0.4 is 0 Å². The lowest BCUT2D eigenvalue weighted by atomic mass is 10.2. The van der Waals surface area contributed by atoms with E-state index in [1.807, 2.05) is 23.9 Å². The molecule has 90 valence electrons. The fraction of sp³-hybridized carbons (Fsp3) is 0.385. The normalized spacial score (nSPS) is 11.1. The van der Waals surface area contributed by atoms with Crippen molar-refractivity contribution < 1.29 is 9.21 Å². The maximum Gasteiger partial charge on any atom is 0.203 e. The summed E-state index contributed by atoms with van der Waals surface area (Å²) in [6.45, 7) is 5.92. The summed E-state index contributed by atoms with van der Waals surface area (Å²) in [7, 11) is 0. The molecule has 0 amide bonds. The predicted molar refractivity (Wildman–Crippen MR) is 64.1 cm³/mol. The smallest absolute Gasteiger partial charge is 0.203 e. The Morgan fingerprint density at radius 2 is 2.18 bits per heavy atom. The maximum atomic E-state index is 11.9. The molecule has 0 saturated heterocycles. The number of aryl methyl sites for hydroxylation is 1. The van der Waals surface area contributed by atoms with Crippen molar-refractivity contribution in [2.75, 3.05) is 0 Å². The molecule has 0 aromatic carbocycles. The lowest BCUT2D eigenvalue weighted by Gasteiger charge is -2.03. The van der Waals surface area contributed by atoms with Crippen LogP contribution in [0.5, 0.6) is 0 Å². The van der Waals surface area contributed by atoms with E-state index in [9.17, 15) is 4.79 Å². The average molecular weight is 232 g/mol. The van der Waals surface area contributed by atoms with Crippen LogP contribution in [0.2, 0.25) is 0 Å². The van der Waals surface area contributed by atoms with Crippen molar-refractivity contribution in [3.8, 4) is 0 Å². The number of aromatic nitrogens is 2. The third kappa shape index (κ3) is 2.64. The Labute approximate surface area is 100 Å². The van der Waals surface area contributed by atoms with Gasteiger partial charge in [-0.2, -0.15) is 5.10 Å². The number of carbonyl (C=O) groups excluding carboxylic acids is 1. The van der Waals surface area contributed by atoms with E-state index in [0.29, 0.717) is 11.8 Å². The molecule has 0 unspecified atom stereocenters. The van der Waals surface area contributed by atoms with Crippen LogP contribution in [-0.4, -0.2) is 15.6 Å². The summed E-state index contributed by atoms with van der Waals surface area (Å²) in [5, 5.41) is 4.34. The van der Waals surface area contributed by atoms with E-state index in [1.54, 1.807) is 12.1 Å². The van der Waals surface area contributed by atoms with Crippen LogP contribution in [0.3, 0.4) is 0 Å². The molecule has 2 rings (SSSR count). The lowest BCUT2D eigenvalue weighted by Crippen LogP contribution is -2.05. The van der Waals surface area contributed by atoms with Crippen LogP contribution in [0.15, 0.2) is 28.8 Å². The molecule has 4 heteroatoms. The van der Waals surface area contributed by atoms with Crippen LogP contribution in [0, 0.1) is 6.92 Å². The highest BCUT2D eigenvalue weighted by Gasteiger charge is 2.13. The predicted octanol–water partition coefficient (Wildman–Crippen LogP) is 2.79. The number of ketones is 1. The van der Waals surface area contributed by atoms with Crippen LogP contribution in [-0.2, 0) is 6.42 Å². The number of hydrogen-bond donors (Lipinski definition) is 0. The highest BCUT2D eigenvalue weighted by atomic mass is 16.3. The molecule has 0 radical (unpaired) electrons. The Bertz CT molecular complexity index is 523. The van der Waals surface area contributed by atoms with E-state index in [1.165, 1.54) is 0 Å². The maximum absolute atomic E-state index is 11.9. The second-order valence-electron chi connectivity index (χ2n) is 4.39. The summed E-state index contributed by atoms with van der Waals surface area (Å²) in [6, 6.07) is 5.68. The van der Waals surface area contributed by atoms with E-state index < -0.39 is 0 Å². The Morgan fingerprint density at radius 1 is 1.41 bits per heavy atom. The van der Waals surface area contributed by atoms with Crippen molar-refractivity contribution in [1.29, 1.82) is 0 Å². The first-order chi connectivity index (χ1) is 8.06. The minimum Gasteiger partial charge on any atom is -0.458 e. The first kappa shape index (κ1) is 11.6. The second-order valence-corrected chi connectivity index (χ2v) is 4.39. The molecule has 0 aliphatic heterocycles. The Hall–Kier alpha value is -1.84. The Kier molecular flexibility index (Phi) is 3.13. The molecule has 4 nitrogen and oxygen atoms in total. The summed E-state index contributed by atoms with van der Waals surface area (Å²) in [6.07, 6.45) is 2.17. The zero-order valence-electron chi connectivity index (χ0n) is 10.3. The van der Waals surface area contributed by atoms with Crippen LogP contribution in [0.1, 0.15) is 41.9 Å². The Balaban J connectivity index is 2.07. The first-order valence-corrected chi connectivity index (χ1v) is 5.70. The van der Waals surface area contributed by atoms with Gasteiger partial charge in [-0.1, -0.05) is 0 Å². The van der Waals surface area contributed by atoms with Gasteiger partial charge in [-0.05, 0) is 39.0 Å². The zero-order chi connectivity index (χ0) is 12.4. The molecule has 0 spiro atoms. The first-order valence-electron chi connectivity index (χ1n) is 5.70. The van der Waals surface area contributed by atoms with Gasteiger partial charge in [0, 0.05) is 12.2 Å². The fourth-order valence-electron chi connectivity index (χ4n) is 1.60. The largest absolute Gasteiger partial charge is 0.458 e. The average Bonchev–Trinajstić information content (AvgIpc) is 2.86. The number of rotatable bonds is 4. The monoisotopic (exact) mass is 232 g/mol. The second kappa shape index (κ2) is 4.57. The minimum atomic E-state index is -0.0351. The molecule has 17 heavy (non-hydrogen) atoms. The number of Topliss-reactive ketones (excluding diaryl/α,β-unsaturated/α-hetero) is 1. The molecule has 2 aromatic heterocycles. The number of nitrogens with zero attached hydrogens (tertiary/aromatic N) is 2.